The third-order valence-electron chi connectivity index (χ3n) is 3.25. The van der Waals surface area contributed by atoms with Crippen molar-refractivity contribution in [2.75, 3.05) is 6.54 Å². The van der Waals surface area contributed by atoms with Crippen LogP contribution in [0.15, 0.2) is 16.5 Å². The van der Waals surface area contributed by atoms with E-state index in [0.717, 1.165) is 0 Å². The summed E-state index contributed by atoms with van der Waals surface area (Å²) in [5.74, 6) is 0.0309. The smallest absolute Gasteiger partial charge is 0.286 e. The lowest BCUT2D eigenvalue weighted by Crippen LogP contribution is -2.24. The largest absolute Gasteiger partial charge is 0.482 e. The molecule has 11 heteroatoms. The fraction of sp³-hybridized carbons (Fsp3) is 0.250. The van der Waals surface area contributed by atoms with Crippen LogP contribution in [-0.4, -0.2) is 17.7 Å². The van der Waals surface area contributed by atoms with E-state index in [9.17, 15) is 9.59 Å². The van der Waals surface area contributed by atoms with Crippen LogP contribution in [0.3, 0.4) is 0 Å². The number of hydrogen-bond acceptors (Lipinski definition) is 4. The molecule has 27 heavy (non-hydrogen) atoms. The van der Waals surface area contributed by atoms with Gasteiger partial charge in [-0.15, -0.1) is 0 Å². The molecule has 5 nitrogen and oxygen atoms in total. The Balaban J connectivity index is 1.99. The van der Waals surface area contributed by atoms with E-state index in [1.165, 1.54) is 6.07 Å². The van der Waals surface area contributed by atoms with Gasteiger partial charge in [0.25, 0.3) is 5.91 Å². The highest BCUT2D eigenvalue weighted by atomic mass is 35.5. The van der Waals surface area contributed by atoms with E-state index in [-0.39, 0.29) is 56.2 Å². The summed E-state index contributed by atoms with van der Waals surface area (Å²) in [5, 5.41) is 2.21. The zero-order valence-electron chi connectivity index (χ0n) is 13.4. The van der Waals surface area contributed by atoms with Crippen molar-refractivity contribution in [3.63, 3.8) is 0 Å². The number of ether oxygens (including phenoxy) is 1. The quantitative estimate of drug-likeness (QED) is 0.200. The average molecular weight is 494 g/mol. The lowest BCUT2D eigenvalue weighted by molar-refractivity contribution is -0.111. The molecular weight excluding hydrogens is 483 g/mol. The predicted octanol–water partition coefficient (Wildman–Crippen LogP) is 6.40. The second kappa shape index (κ2) is 10.1. The molecule has 0 atom stereocenters. The fourth-order valence-corrected chi connectivity index (χ4v) is 3.31. The van der Waals surface area contributed by atoms with Crippen molar-refractivity contribution in [2.24, 2.45) is 0 Å². The second-order valence-corrected chi connectivity index (χ2v) is 7.48. The van der Waals surface area contributed by atoms with Gasteiger partial charge in [0, 0.05) is 13.0 Å². The summed E-state index contributed by atoms with van der Waals surface area (Å²) < 4.78 is 10.9. The molecule has 1 amide bonds. The van der Waals surface area contributed by atoms with Crippen LogP contribution in [0.4, 0.5) is 0 Å². The van der Waals surface area contributed by atoms with Crippen molar-refractivity contribution in [1.82, 2.24) is 5.32 Å². The van der Waals surface area contributed by atoms with Crippen LogP contribution in [0.2, 0.25) is 25.1 Å². The summed E-state index contributed by atoms with van der Waals surface area (Å²) >= 11 is 35.2. The average Bonchev–Trinajstić information content (AvgIpc) is 3.10. The van der Waals surface area contributed by atoms with Gasteiger partial charge in [0.2, 0.25) is 5.24 Å². The number of amides is 1. The van der Waals surface area contributed by atoms with Crippen molar-refractivity contribution < 1.29 is 18.7 Å². The van der Waals surface area contributed by atoms with E-state index in [0.29, 0.717) is 12.2 Å². The number of furan rings is 1. The first-order valence-corrected chi connectivity index (χ1v) is 9.68. The zero-order valence-corrected chi connectivity index (χ0v) is 17.9. The van der Waals surface area contributed by atoms with Crippen LogP contribution < -0.4 is 10.1 Å². The summed E-state index contributed by atoms with van der Waals surface area (Å²) in [7, 11) is 0. The Hall–Kier alpha value is -0.820. The van der Waals surface area contributed by atoms with E-state index < -0.39 is 11.1 Å². The van der Waals surface area contributed by atoms with Crippen LogP contribution in [0.5, 0.6) is 5.75 Å². The lowest BCUT2D eigenvalue weighted by Gasteiger charge is -2.12. The SMILES string of the molecule is O=C(Cl)CCCNC(=O)c1ccc(COc2c(Cl)c(Cl)c(Cl)c(Cl)c2Cl)o1. The minimum atomic E-state index is -0.457. The Morgan fingerprint density at radius 3 is 2.15 bits per heavy atom. The number of halogens is 6. The molecule has 0 spiro atoms. The van der Waals surface area contributed by atoms with Gasteiger partial charge in [0.1, 0.15) is 22.4 Å². The first-order valence-electron chi connectivity index (χ1n) is 7.41. The summed E-state index contributed by atoms with van der Waals surface area (Å²) in [6.07, 6.45) is 0.604. The number of nitrogens with one attached hydrogen (secondary N) is 1. The molecule has 1 aromatic carbocycles. The van der Waals surface area contributed by atoms with Crippen LogP contribution >= 0.6 is 69.6 Å². The van der Waals surface area contributed by atoms with Gasteiger partial charge in [-0.25, -0.2) is 0 Å². The maximum absolute atomic E-state index is 12.0. The normalized spacial score (nSPS) is 10.7. The van der Waals surface area contributed by atoms with Gasteiger partial charge >= 0.3 is 0 Å². The molecule has 1 heterocycles. The standard InChI is InChI=1S/C16H11Cl6NO4/c17-9(24)2-1-5-23-16(25)8-4-3-7(27-8)6-26-15-13(21)11(19)10(18)12(20)14(15)22/h3-4H,1-2,5-6H2,(H,23,25). The monoisotopic (exact) mass is 491 g/mol. The summed E-state index contributed by atoms with van der Waals surface area (Å²) in [6, 6.07) is 3.03. The first kappa shape index (κ1) is 22.5. The molecule has 0 saturated heterocycles. The highest BCUT2D eigenvalue weighted by molar-refractivity contribution is 6.63. The highest BCUT2D eigenvalue weighted by Crippen LogP contribution is 2.48. The molecule has 146 valence electrons. The topological polar surface area (TPSA) is 68.5 Å². The van der Waals surface area contributed by atoms with Crippen molar-refractivity contribution in [1.29, 1.82) is 0 Å². The van der Waals surface area contributed by atoms with Gasteiger partial charge in [-0.1, -0.05) is 58.0 Å². The van der Waals surface area contributed by atoms with Crippen LogP contribution in [0, 0.1) is 0 Å². The predicted molar refractivity (Wildman–Crippen MR) is 107 cm³/mol. The minimum Gasteiger partial charge on any atom is -0.482 e. The Morgan fingerprint density at radius 1 is 0.963 bits per heavy atom. The van der Waals surface area contributed by atoms with Crippen LogP contribution in [-0.2, 0) is 11.4 Å². The van der Waals surface area contributed by atoms with E-state index in [1.807, 2.05) is 0 Å². The molecule has 0 saturated carbocycles. The van der Waals surface area contributed by atoms with E-state index in [1.54, 1.807) is 6.07 Å². The number of carbonyl (C=O) groups is 2. The number of carbonyl (C=O) groups excluding carboxylic acids is 2. The minimum absolute atomic E-state index is 0.00873. The summed E-state index contributed by atoms with van der Waals surface area (Å²) in [6.45, 7) is 0.207. The van der Waals surface area contributed by atoms with Crippen LogP contribution in [0.25, 0.3) is 0 Å². The van der Waals surface area contributed by atoms with Crippen molar-refractivity contribution >= 4 is 80.8 Å². The molecular formula is C16H11Cl6NO4. The molecule has 0 aliphatic carbocycles. The summed E-state index contributed by atoms with van der Waals surface area (Å²) in [4.78, 5) is 22.6. The van der Waals surface area contributed by atoms with E-state index >= 15 is 0 Å². The van der Waals surface area contributed by atoms with Gasteiger partial charge in [0.05, 0.1) is 15.1 Å². The maximum atomic E-state index is 12.0. The molecule has 2 aromatic rings. The van der Waals surface area contributed by atoms with Crippen LogP contribution in [0.1, 0.15) is 29.2 Å². The van der Waals surface area contributed by atoms with Gasteiger partial charge in [-0.2, -0.15) is 0 Å². The Bertz CT molecular complexity index is 838. The lowest BCUT2D eigenvalue weighted by atomic mass is 10.3. The summed E-state index contributed by atoms with van der Waals surface area (Å²) in [5.41, 5.74) is 0. The van der Waals surface area contributed by atoms with Gasteiger partial charge in [-0.05, 0) is 30.2 Å². The Kier molecular flexibility index (Phi) is 8.40. The number of rotatable bonds is 8. The molecule has 0 bridgehead atoms. The Labute approximate surface area is 184 Å². The Morgan fingerprint density at radius 2 is 1.56 bits per heavy atom. The zero-order chi connectivity index (χ0) is 20.1. The van der Waals surface area contributed by atoms with E-state index in [2.05, 4.69) is 5.32 Å². The van der Waals surface area contributed by atoms with Gasteiger partial charge in [-0.3, -0.25) is 9.59 Å². The van der Waals surface area contributed by atoms with Crippen molar-refractivity contribution in [2.45, 2.75) is 19.4 Å². The molecule has 2 rings (SSSR count). The highest BCUT2D eigenvalue weighted by Gasteiger charge is 2.21. The number of hydrogen-bond donors (Lipinski definition) is 1. The van der Waals surface area contributed by atoms with Crippen molar-refractivity contribution in [3.8, 4) is 5.75 Å². The van der Waals surface area contributed by atoms with Crippen molar-refractivity contribution in [3.05, 3.63) is 48.8 Å². The fourth-order valence-electron chi connectivity index (χ4n) is 1.95. The maximum Gasteiger partial charge on any atom is 0.286 e. The first-order chi connectivity index (χ1) is 12.7. The number of benzene rings is 1. The third-order valence-corrected chi connectivity index (χ3v) is 5.68. The third kappa shape index (κ3) is 5.83. The molecule has 0 aliphatic heterocycles. The van der Waals surface area contributed by atoms with E-state index in [4.69, 9.17) is 78.8 Å². The molecule has 1 aromatic heterocycles. The molecule has 0 aliphatic rings. The van der Waals surface area contributed by atoms with Gasteiger partial charge < -0.3 is 14.5 Å². The molecule has 1 N–H and O–H groups in total. The molecule has 0 unspecified atom stereocenters. The molecule has 0 fully saturated rings. The van der Waals surface area contributed by atoms with Gasteiger partial charge in [0.15, 0.2) is 11.5 Å². The second-order valence-electron chi connectivity index (χ2n) is 5.17. The molecule has 0 radical (unpaired) electrons.